The SMILES string of the molecule is C=C1Nc2c(C)cc(C(=O)c3cc(N4CCC(N5CCc6cc(OC)ccc6NC5=O)CC4)nnc3OC)cc2O1. The number of ketones is 1. The molecule has 3 aliphatic rings. The first-order chi connectivity index (χ1) is 19.8. The summed E-state index contributed by atoms with van der Waals surface area (Å²) in [6, 6.07) is 11.0. The monoisotopic (exact) mass is 556 g/mol. The summed E-state index contributed by atoms with van der Waals surface area (Å²) in [5.41, 5.74) is 4.34. The van der Waals surface area contributed by atoms with Gasteiger partial charge in [-0.3, -0.25) is 4.79 Å². The van der Waals surface area contributed by atoms with E-state index >= 15 is 0 Å². The number of benzene rings is 2. The van der Waals surface area contributed by atoms with Crippen LogP contribution < -0.4 is 29.7 Å². The molecule has 4 heterocycles. The minimum absolute atomic E-state index is 0.0862. The number of hydrogen-bond acceptors (Lipinski definition) is 9. The summed E-state index contributed by atoms with van der Waals surface area (Å²) >= 11 is 0. The lowest BCUT2D eigenvalue weighted by Gasteiger charge is -2.38. The molecule has 1 fully saturated rings. The number of nitrogens with one attached hydrogen (secondary N) is 2. The van der Waals surface area contributed by atoms with Crippen molar-refractivity contribution in [3.63, 3.8) is 0 Å². The number of methoxy groups -OCH3 is 2. The third kappa shape index (κ3) is 4.99. The molecule has 0 unspecified atom stereocenters. The molecule has 41 heavy (non-hydrogen) atoms. The number of piperidine rings is 1. The molecule has 11 nitrogen and oxygen atoms in total. The van der Waals surface area contributed by atoms with E-state index in [4.69, 9.17) is 14.2 Å². The van der Waals surface area contributed by atoms with Crippen molar-refractivity contribution in [2.45, 2.75) is 32.2 Å². The van der Waals surface area contributed by atoms with Crippen LogP contribution in [-0.2, 0) is 6.42 Å². The van der Waals surface area contributed by atoms with E-state index in [-0.39, 0.29) is 23.7 Å². The van der Waals surface area contributed by atoms with Crippen LogP contribution in [0.2, 0.25) is 0 Å². The Kier molecular flexibility index (Phi) is 6.86. The summed E-state index contributed by atoms with van der Waals surface area (Å²) in [4.78, 5) is 30.8. The average Bonchev–Trinajstić information content (AvgIpc) is 3.29. The van der Waals surface area contributed by atoms with Gasteiger partial charge in [-0.05, 0) is 80.3 Å². The van der Waals surface area contributed by atoms with E-state index in [0.717, 1.165) is 47.5 Å². The Hall–Kier alpha value is -4.80. The molecule has 2 aromatic carbocycles. The first kappa shape index (κ1) is 26.4. The minimum atomic E-state index is -0.239. The van der Waals surface area contributed by atoms with Crippen molar-refractivity contribution in [3.05, 3.63) is 71.1 Å². The molecule has 2 amide bonds. The molecule has 0 bridgehead atoms. The van der Waals surface area contributed by atoms with Gasteiger partial charge in [-0.25, -0.2) is 4.79 Å². The number of amides is 2. The van der Waals surface area contributed by atoms with Gasteiger partial charge in [-0.2, -0.15) is 0 Å². The molecule has 0 aliphatic carbocycles. The Morgan fingerprint density at radius 1 is 1.05 bits per heavy atom. The fourth-order valence-corrected chi connectivity index (χ4v) is 5.73. The highest BCUT2D eigenvalue weighted by Crippen LogP contribution is 2.38. The first-order valence-corrected chi connectivity index (χ1v) is 13.6. The van der Waals surface area contributed by atoms with Gasteiger partial charge < -0.3 is 34.6 Å². The Balaban J connectivity index is 1.16. The van der Waals surface area contributed by atoms with Crippen LogP contribution in [-0.4, -0.2) is 66.8 Å². The van der Waals surface area contributed by atoms with Crippen molar-refractivity contribution in [2.75, 3.05) is 49.4 Å². The van der Waals surface area contributed by atoms with Gasteiger partial charge in [0.25, 0.3) is 0 Å². The van der Waals surface area contributed by atoms with Gasteiger partial charge in [-0.1, -0.05) is 0 Å². The predicted molar refractivity (Wildman–Crippen MR) is 154 cm³/mol. The number of aryl methyl sites for hydroxylation is 1. The fraction of sp³-hybridized carbons (Fsp3) is 0.333. The van der Waals surface area contributed by atoms with E-state index in [1.807, 2.05) is 36.1 Å². The number of carbonyl (C=O) groups excluding carboxylic acids is 2. The molecular weight excluding hydrogens is 524 g/mol. The zero-order valence-electron chi connectivity index (χ0n) is 23.3. The number of carbonyl (C=O) groups is 2. The molecule has 0 saturated carbocycles. The molecule has 1 aromatic heterocycles. The highest BCUT2D eigenvalue weighted by Gasteiger charge is 2.31. The van der Waals surface area contributed by atoms with E-state index in [2.05, 4.69) is 32.3 Å². The predicted octanol–water partition coefficient (Wildman–Crippen LogP) is 4.37. The van der Waals surface area contributed by atoms with Gasteiger partial charge in [0.15, 0.2) is 23.2 Å². The average molecular weight is 557 g/mol. The van der Waals surface area contributed by atoms with Crippen LogP contribution in [0.3, 0.4) is 0 Å². The van der Waals surface area contributed by atoms with E-state index in [1.165, 1.54) is 7.11 Å². The highest BCUT2D eigenvalue weighted by molar-refractivity contribution is 6.11. The number of hydrogen-bond donors (Lipinski definition) is 2. The molecule has 0 atom stereocenters. The summed E-state index contributed by atoms with van der Waals surface area (Å²) in [6.07, 6.45) is 2.28. The van der Waals surface area contributed by atoms with E-state index in [0.29, 0.717) is 48.2 Å². The third-order valence-electron chi connectivity index (χ3n) is 7.91. The maximum absolute atomic E-state index is 13.6. The highest BCUT2D eigenvalue weighted by atomic mass is 16.5. The van der Waals surface area contributed by atoms with Crippen molar-refractivity contribution in [3.8, 4) is 17.4 Å². The minimum Gasteiger partial charge on any atom is -0.497 e. The van der Waals surface area contributed by atoms with Crippen LogP contribution in [0.5, 0.6) is 17.4 Å². The van der Waals surface area contributed by atoms with Gasteiger partial charge in [0, 0.05) is 36.9 Å². The maximum atomic E-state index is 13.6. The topological polar surface area (TPSA) is 118 Å². The molecule has 2 N–H and O–H groups in total. The Morgan fingerprint density at radius 2 is 1.85 bits per heavy atom. The molecular formula is C30H32N6O5. The lowest BCUT2D eigenvalue weighted by Crippen LogP contribution is -2.49. The first-order valence-electron chi connectivity index (χ1n) is 13.6. The lowest BCUT2D eigenvalue weighted by atomic mass is 10.00. The normalized spacial score (nSPS) is 16.7. The summed E-state index contributed by atoms with van der Waals surface area (Å²) in [6.45, 7) is 7.68. The van der Waals surface area contributed by atoms with E-state index in [1.54, 1.807) is 19.2 Å². The standard InChI is InChI=1S/C30H32N6O5/c1-17-13-20(15-25-27(17)31-18(2)41-25)28(37)23-16-26(33-34-29(23)40-4)35-10-8-21(9-11-35)36-12-7-19-14-22(39-3)5-6-24(19)32-30(36)38/h5-6,13-16,21,31H,2,7-12H2,1,3-4H3,(H,32,38). The number of ether oxygens (including phenoxy) is 3. The van der Waals surface area contributed by atoms with Crippen LogP contribution in [0, 0.1) is 6.92 Å². The molecule has 6 rings (SSSR count). The van der Waals surface area contributed by atoms with Crippen molar-refractivity contribution >= 4 is 29.0 Å². The van der Waals surface area contributed by atoms with E-state index in [9.17, 15) is 9.59 Å². The largest absolute Gasteiger partial charge is 0.497 e. The van der Waals surface area contributed by atoms with Gasteiger partial charge >= 0.3 is 6.03 Å². The van der Waals surface area contributed by atoms with Crippen molar-refractivity contribution in [1.82, 2.24) is 15.1 Å². The van der Waals surface area contributed by atoms with Gasteiger partial charge in [0.2, 0.25) is 5.88 Å². The number of urea groups is 1. The van der Waals surface area contributed by atoms with Crippen LogP contribution in [0.25, 0.3) is 0 Å². The summed E-state index contributed by atoms with van der Waals surface area (Å²) in [5, 5.41) is 14.7. The van der Waals surface area contributed by atoms with Crippen LogP contribution in [0.15, 0.2) is 48.9 Å². The van der Waals surface area contributed by atoms with Crippen molar-refractivity contribution < 1.29 is 23.8 Å². The Morgan fingerprint density at radius 3 is 2.61 bits per heavy atom. The number of fused-ring (bicyclic) bond motifs is 2. The molecule has 3 aliphatic heterocycles. The molecule has 212 valence electrons. The summed E-state index contributed by atoms with van der Waals surface area (Å²) in [7, 11) is 3.11. The lowest BCUT2D eigenvalue weighted by molar-refractivity contribution is 0.103. The molecule has 0 spiro atoms. The van der Waals surface area contributed by atoms with Crippen LogP contribution >= 0.6 is 0 Å². The number of anilines is 3. The van der Waals surface area contributed by atoms with Crippen LogP contribution in [0.4, 0.5) is 22.0 Å². The zero-order chi connectivity index (χ0) is 28.7. The fourth-order valence-electron chi connectivity index (χ4n) is 5.73. The van der Waals surface area contributed by atoms with Crippen molar-refractivity contribution in [1.29, 1.82) is 0 Å². The Bertz CT molecular complexity index is 1550. The summed E-state index contributed by atoms with van der Waals surface area (Å²) in [5.74, 6) is 2.27. The van der Waals surface area contributed by atoms with Crippen LogP contribution in [0.1, 0.15) is 39.9 Å². The van der Waals surface area contributed by atoms with Crippen molar-refractivity contribution in [2.24, 2.45) is 0 Å². The molecule has 0 radical (unpaired) electrons. The number of aromatic nitrogens is 2. The number of rotatable bonds is 6. The second-order valence-electron chi connectivity index (χ2n) is 10.4. The molecule has 3 aromatic rings. The molecule has 1 saturated heterocycles. The van der Waals surface area contributed by atoms with Gasteiger partial charge in [0.1, 0.15) is 5.75 Å². The molecule has 11 heteroatoms. The Labute approximate surface area is 238 Å². The second kappa shape index (κ2) is 10.6. The zero-order valence-corrected chi connectivity index (χ0v) is 23.3. The maximum Gasteiger partial charge on any atom is 0.322 e. The van der Waals surface area contributed by atoms with Gasteiger partial charge in [0.05, 0.1) is 25.5 Å². The second-order valence-corrected chi connectivity index (χ2v) is 10.4. The summed E-state index contributed by atoms with van der Waals surface area (Å²) < 4.78 is 16.4. The van der Waals surface area contributed by atoms with E-state index < -0.39 is 0 Å². The quantitative estimate of drug-likeness (QED) is 0.427. The number of nitrogens with zero attached hydrogens (tertiary/aromatic N) is 4. The smallest absolute Gasteiger partial charge is 0.322 e. The van der Waals surface area contributed by atoms with Gasteiger partial charge in [-0.15, -0.1) is 10.2 Å². The third-order valence-corrected chi connectivity index (χ3v) is 7.91.